The zero-order valence-corrected chi connectivity index (χ0v) is 17.9. The summed E-state index contributed by atoms with van der Waals surface area (Å²) in [5.74, 6) is 0.302. The molecule has 0 N–H and O–H groups in total. The maximum atomic E-state index is 12.4. The summed E-state index contributed by atoms with van der Waals surface area (Å²) in [4.78, 5) is 30.3. The van der Waals surface area contributed by atoms with Crippen molar-refractivity contribution in [2.75, 3.05) is 49.6 Å². The summed E-state index contributed by atoms with van der Waals surface area (Å²) in [7, 11) is 1.40. The second-order valence-corrected chi connectivity index (χ2v) is 8.42. The highest BCUT2D eigenvalue weighted by molar-refractivity contribution is 5.92. The van der Waals surface area contributed by atoms with Crippen molar-refractivity contribution in [2.24, 2.45) is 5.92 Å². The topological polar surface area (TPSA) is 62.3 Å². The lowest BCUT2D eigenvalue weighted by atomic mass is 10.1. The lowest BCUT2D eigenvalue weighted by Gasteiger charge is -2.38. The van der Waals surface area contributed by atoms with Gasteiger partial charge in [-0.05, 0) is 38.8 Å². The Hall–Kier alpha value is -2.44. The van der Waals surface area contributed by atoms with Crippen molar-refractivity contribution in [2.45, 2.75) is 40.2 Å². The molecule has 1 saturated heterocycles. The lowest BCUT2D eigenvalue weighted by molar-refractivity contribution is 0.0240. The third-order valence-corrected chi connectivity index (χ3v) is 4.39. The van der Waals surface area contributed by atoms with Crippen molar-refractivity contribution >= 4 is 23.6 Å². The molecule has 1 aliphatic rings. The van der Waals surface area contributed by atoms with Gasteiger partial charge < -0.3 is 19.3 Å². The van der Waals surface area contributed by atoms with Gasteiger partial charge in [0.25, 0.3) is 0 Å². The molecule has 7 nitrogen and oxygen atoms in total. The molecule has 156 valence electrons. The minimum atomic E-state index is -0.501. The van der Waals surface area contributed by atoms with Gasteiger partial charge >= 0.3 is 12.2 Å². The first-order chi connectivity index (χ1) is 13.1. The van der Waals surface area contributed by atoms with Crippen molar-refractivity contribution in [3.63, 3.8) is 0 Å². The number of rotatable bonds is 4. The largest absolute Gasteiger partial charge is 0.452 e. The minimum absolute atomic E-state index is 0.281. The van der Waals surface area contributed by atoms with E-state index in [-0.39, 0.29) is 12.2 Å². The van der Waals surface area contributed by atoms with Gasteiger partial charge in [-0.3, -0.25) is 4.90 Å². The quantitative estimate of drug-likeness (QED) is 0.777. The third-order valence-electron chi connectivity index (χ3n) is 4.39. The monoisotopic (exact) mass is 391 g/mol. The van der Waals surface area contributed by atoms with Gasteiger partial charge in [0.2, 0.25) is 0 Å². The molecule has 7 heteroatoms. The molecule has 2 rings (SSSR count). The molecular formula is C21H33N3O4. The van der Waals surface area contributed by atoms with Crippen LogP contribution in [0.25, 0.3) is 0 Å². The van der Waals surface area contributed by atoms with Crippen molar-refractivity contribution < 1.29 is 19.1 Å². The van der Waals surface area contributed by atoms with Gasteiger partial charge in [-0.25, -0.2) is 9.59 Å². The van der Waals surface area contributed by atoms with Crippen LogP contribution in [0, 0.1) is 5.92 Å². The predicted octanol–water partition coefficient (Wildman–Crippen LogP) is 3.97. The number of carbonyl (C=O) groups excluding carboxylic acids is 2. The molecule has 1 fully saturated rings. The van der Waals surface area contributed by atoms with Gasteiger partial charge in [-0.2, -0.15) is 0 Å². The molecule has 0 unspecified atom stereocenters. The molecule has 0 bridgehead atoms. The number of benzene rings is 1. The number of piperazine rings is 1. The molecule has 1 heterocycles. The van der Waals surface area contributed by atoms with E-state index in [2.05, 4.69) is 18.7 Å². The first-order valence-corrected chi connectivity index (χ1v) is 9.79. The SMILES string of the molecule is COC(=O)N(CC(C)C)c1ccccc1N1CCN(C(=O)OC(C)(C)C)CC1. The van der Waals surface area contributed by atoms with E-state index in [1.807, 2.05) is 45.0 Å². The Morgan fingerprint density at radius 1 is 1.11 bits per heavy atom. The van der Waals surface area contributed by atoms with Crippen LogP contribution in [0.5, 0.6) is 0 Å². The number of hydrogen-bond acceptors (Lipinski definition) is 5. The summed E-state index contributed by atoms with van der Waals surface area (Å²) in [6, 6.07) is 7.83. The highest BCUT2D eigenvalue weighted by atomic mass is 16.6. The van der Waals surface area contributed by atoms with Crippen molar-refractivity contribution in [3.05, 3.63) is 24.3 Å². The molecule has 1 aromatic carbocycles. The van der Waals surface area contributed by atoms with Crippen molar-refractivity contribution in [1.29, 1.82) is 0 Å². The van der Waals surface area contributed by atoms with Crippen LogP contribution in [0.1, 0.15) is 34.6 Å². The van der Waals surface area contributed by atoms with Crippen molar-refractivity contribution in [3.8, 4) is 0 Å². The Bertz CT molecular complexity index is 676. The molecule has 1 aromatic rings. The predicted molar refractivity (Wildman–Crippen MR) is 111 cm³/mol. The Kier molecular flexibility index (Phi) is 7.16. The maximum Gasteiger partial charge on any atom is 0.414 e. The average molecular weight is 392 g/mol. The van der Waals surface area contributed by atoms with E-state index in [0.29, 0.717) is 38.6 Å². The summed E-state index contributed by atoms with van der Waals surface area (Å²) in [5, 5.41) is 0. The maximum absolute atomic E-state index is 12.4. The molecule has 28 heavy (non-hydrogen) atoms. The summed E-state index contributed by atoms with van der Waals surface area (Å²) in [6.45, 7) is 12.8. The second kappa shape index (κ2) is 9.17. The second-order valence-electron chi connectivity index (χ2n) is 8.42. The van der Waals surface area contributed by atoms with Gasteiger partial charge in [0, 0.05) is 32.7 Å². The number of nitrogens with zero attached hydrogens (tertiary/aromatic N) is 3. The van der Waals surface area contributed by atoms with Crippen LogP contribution in [-0.4, -0.2) is 62.5 Å². The van der Waals surface area contributed by atoms with Crippen LogP contribution in [0.3, 0.4) is 0 Å². The molecule has 0 atom stereocenters. The molecule has 0 saturated carbocycles. The molecule has 0 spiro atoms. The number of para-hydroxylation sites is 2. The molecule has 0 aliphatic carbocycles. The number of amides is 2. The van der Waals surface area contributed by atoms with Gasteiger partial charge in [-0.1, -0.05) is 26.0 Å². The van der Waals surface area contributed by atoms with E-state index >= 15 is 0 Å². The van der Waals surface area contributed by atoms with Crippen LogP contribution < -0.4 is 9.80 Å². The van der Waals surface area contributed by atoms with Crippen LogP contribution in [0.2, 0.25) is 0 Å². The average Bonchev–Trinajstić information content (AvgIpc) is 2.64. The summed E-state index contributed by atoms with van der Waals surface area (Å²) in [5.41, 5.74) is 1.30. The summed E-state index contributed by atoms with van der Waals surface area (Å²) < 4.78 is 10.5. The van der Waals surface area contributed by atoms with Crippen LogP contribution in [0.15, 0.2) is 24.3 Å². The van der Waals surface area contributed by atoms with E-state index in [4.69, 9.17) is 9.47 Å². The Labute approximate surface area is 168 Å². The van der Waals surface area contributed by atoms with E-state index in [1.54, 1.807) is 9.80 Å². The van der Waals surface area contributed by atoms with Gasteiger partial charge in [0.05, 0.1) is 18.5 Å². The molecular weight excluding hydrogens is 358 g/mol. The smallest absolute Gasteiger partial charge is 0.414 e. The first kappa shape index (κ1) is 21.9. The normalized spacial score (nSPS) is 14.8. The zero-order chi connectivity index (χ0) is 20.9. The number of ether oxygens (including phenoxy) is 2. The number of methoxy groups -OCH3 is 1. The van der Waals surface area contributed by atoms with Crippen LogP contribution in [-0.2, 0) is 9.47 Å². The van der Waals surface area contributed by atoms with E-state index in [1.165, 1.54) is 7.11 Å². The van der Waals surface area contributed by atoms with Crippen LogP contribution in [0.4, 0.5) is 21.0 Å². The zero-order valence-electron chi connectivity index (χ0n) is 17.9. The van der Waals surface area contributed by atoms with E-state index in [9.17, 15) is 9.59 Å². The van der Waals surface area contributed by atoms with Gasteiger partial charge in [0.1, 0.15) is 5.60 Å². The molecule has 0 aromatic heterocycles. The number of hydrogen-bond donors (Lipinski definition) is 0. The number of anilines is 2. The van der Waals surface area contributed by atoms with Gasteiger partial charge in [-0.15, -0.1) is 0 Å². The molecule has 2 amide bonds. The Balaban J connectivity index is 2.15. The first-order valence-electron chi connectivity index (χ1n) is 9.79. The van der Waals surface area contributed by atoms with E-state index < -0.39 is 5.60 Å². The fourth-order valence-electron chi connectivity index (χ4n) is 3.16. The fourth-order valence-corrected chi connectivity index (χ4v) is 3.16. The third kappa shape index (κ3) is 5.78. The summed E-state index contributed by atoms with van der Waals surface area (Å²) in [6.07, 6.45) is -0.648. The fraction of sp³-hybridized carbons (Fsp3) is 0.619. The van der Waals surface area contributed by atoms with Gasteiger partial charge in [0.15, 0.2) is 0 Å². The molecule has 1 aliphatic heterocycles. The Morgan fingerprint density at radius 3 is 2.25 bits per heavy atom. The Morgan fingerprint density at radius 2 is 1.71 bits per heavy atom. The standard InChI is InChI=1S/C21H33N3O4/c1-16(2)15-24(20(26)27-6)18-10-8-7-9-17(18)22-11-13-23(14-12-22)19(25)28-21(3,4)5/h7-10,16H,11-15H2,1-6H3. The minimum Gasteiger partial charge on any atom is -0.452 e. The highest BCUT2D eigenvalue weighted by Gasteiger charge is 2.28. The highest BCUT2D eigenvalue weighted by Crippen LogP contribution is 2.31. The number of carbonyl (C=O) groups is 2. The van der Waals surface area contributed by atoms with Crippen LogP contribution >= 0.6 is 0 Å². The molecule has 0 radical (unpaired) electrons. The lowest BCUT2D eigenvalue weighted by Crippen LogP contribution is -2.50. The van der Waals surface area contributed by atoms with E-state index in [0.717, 1.165) is 11.4 Å². The summed E-state index contributed by atoms with van der Waals surface area (Å²) >= 11 is 0. The van der Waals surface area contributed by atoms with Crippen molar-refractivity contribution in [1.82, 2.24) is 4.90 Å².